The highest BCUT2D eigenvalue weighted by Crippen LogP contribution is 2.23. The average molecular weight is 479 g/mol. The number of nitrogens with zero attached hydrogens (tertiary/aromatic N) is 5. The van der Waals surface area contributed by atoms with E-state index in [1.54, 1.807) is 16.8 Å². The molecule has 8 nitrogen and oxygen atoms in total. The summed E-state index contributed by atoms with van der Waals surface area (Å²) in [4.78, 5) is 17.0. The number of rotatable bonds is 6. The Morgan fingerprint density at radius 3 is 2.84 bits per heavy atom. The van der Waals surface area contributed by atoms with E-state index < -0.39 is 0 Å². The monoisotopic (exact) mass is 478 g/mol. The summed E-state index contributed by atoms with van der Waals surface area (Å²) in [5.41, 5.74) is 4.20. The lowest BCUT2D eigenvalue weighted by atomic mass is 10.2. The minimum atomic E-state index is -0.343. The topological polar surface area (TPSA) is 94.5 Å². The van der Waals surface area contributed by atoms with Gasteiger partial charge >= 0.3 is 5.76 Å². The standard InChI is InChI=1S/C22H19BrN6O2/c1-14-13-15(23)8-9-17(14)29-20(25-21(27-29)16-10-11-24-26-16)7-4-12-28-18-5-2-3-6-19(18)31-22(28)30/h2-3,5-6,8-11,13H,4,7,12H2,1H3,(H,24,26). The predicted octanol–water partition coefficient (Wildman–Crippen LogP) is 4.27. The smallest absolute Gasteiger partial charge is 0.408 e. The maximum absolute atomic E-state index is 12.3. The molecule has 0 saturated carbocycles. The second-order valence-corrected chi connectivity index (χ2v) is 8.17. The second kappa shape index (κ2) is 7.99. The lowest BCUT2D eigenvalue weighted by molar-refractivity contribution is 0.495. The van der Waals surface area contributed by atoms with Crippen molar-refractivity contribution < 1.29 is 4.42 Å². The van der Waals surface area contributed by atoms with Gasteiger partial charge in [-0.15, -0.1) is 5.10 Å². The molecule has 9 heteroatoms. The molecule has 0 unspecified atom stereocenters. The molecule has 3 heterocycles. The third-order valence-electron chi connectivity index (χ3n) is 5.16. The molecule has 0 aliphatic heterocycles. The minimum absolute atomic E-state index is 0.343. The maximum atomic E-state index is 12.3. The van der Waals surface area contributed by atoms with E-state index in [-0.39, 0.29) is 5.76 Å². The Hall–Kier alpha value is -3.46. The molecule has 5 rings (SSSR count). The molecule has 0 radical (unpaired) electrons. The van der Waals surface area contributed by atoms with E-state index in [1.165, 1.54) is 0 Å². The first-order chi connectivity index (χ1) is 15.1. The van der Waals surface area contributed by atoms with Crippen LogP contribution >= 0.6 is 15.9 Å². The van der Waals surface area contributed by atoms with E-state index in [0.717, 1.165) is 32.8 Å². The SMILES string of the molecule is Cc1cc(Br)ccc1-n1nc(-c2ccn[nH]2)nc1CCCn1c(=O)oc2ccccc21. The molecular weight excluding hydrogens is 460 g/mol. The van der Waals surface area contributed by atoms with Gasteiger partial charge in [-0.3, -0.25) is 9.67 Å². The summed E-state index contributed by atoms with van der Waals surface area (Å²) < 4.78 is 9.88. The molecule has 0 fully saturated rings. The molecule has 31 heavy (non-hydrogen) atoms. The molecule has 5 aromatic rings. The fraction of sp³-hybridized carbons (Fsp3) is 0.182. The van der Waals surface area contributed by atoms with Crippen molar-refractivity contribution in [2.24, 2.45) is 0 Å². The predicted molar refractivity (Wildman–Crippen MR) is 120 cm³/mol. The summed E-state index contributed by atoms with van der Waals surface area (Å²) in [6.07, 6.45) is 3.03. The van der Waals surface area contributed by atoms with Crippen LogP contribution in [-0.2, 0) is 13.0 Å². The van der Waals surface area contributed by atoms with E-state index in [0.29, 0.717) is 30.8 Å². The molecule has 0 atom stereocenters. The maximum Gasteiger partial charge on any atom is 0.419 e. The van der Waals surface area contributed by atoms with Crippen LogP contribution in [0.5, 0.6) is 0 Å². The van der Waals surface area contributed by atoms with Crippen LogP contribution in [0.25, 0.3) is 28.3 Å². The van der Waals surface area contributed by atoms with E-state index in [2.05, 4.69) is 26.1 Å². The number of benzene rings is 2. The van der Waals surface area contributed by atoms with Crippen molar-refractivity contribution in [1.82, 2.24) is 29.5 Å². The number of hydrogen-bond acceptors (Lipinski definition) is 5. The van der Waals surface area contributed by atoms with Crippen LogP contribution in [0.1, 0.15) is 17.8 Å². The first-order valence-corrected chi connectivity index (χ1v) is 10.7. The van der Waals surface area contributed by atoms with Gasteiger partial charge in [-0.25, -0.2) is 14.5 Å². The summed E-state index contributed by atoms with van der Waals surface area (Å²) in [5.74, 6) is 1.06. The van der Waals surface area contributed by atoms with Crippen LogP contribution < -0.4 is 5.76 Å². The first-order valence-electron chi connectivity index (χ1n) is 9.91. The molecule has 1 N–H and O–H groups in total. The van der Waals surface area contributed by atoms with E-state index in [9.17, 15) is 4.79 Å². The van der Waals surface area contributed by atoms with Gasteiger partial charge in [0.1, 0.15) is 11.5 Å². The van der Waals surface area contributed by atoms with Crippen LogP contribution in [-0.4, -0.2) is 29.5 Å². The Labute approximate surface area is 185 Å². The van der Waals surface area contributed by atoms with Crippen LogP contribution in [0.15, 0.2) is 68.4 Å². The number of H-pyrrole nitrogens is 1. The lowest BCUT2D eigenvalue weighted by Crippen LogP contribution is -2.15. The zero-order chi connectivity index (χ0) is 21.4. The van der Waals surface area contributed by atoms with Gasteiger partial charge in [0.05, 0.1) is 11.2 Å². The third-order valence-corrected chi connectivity index (χ3v) is 5.65. The van der Waals surface area contributed by atoms with E-state index >= 15 is 0 Å². The van der Waals surface area contributed by atoms with Crippen molar-refractivity contribution in [2.45, 2.75) is 26.3 Å². The number of fused-ring (bicyclic) bond motifs is 1. The van der Waals surface area contributed by atoms with Crippen molar-refractivity contribution in [1.29, 1.82) is 0 Å². The largest absolute Gasteiger partial charge is 0.419 e. The highest BCUT2D eigenvalue weighted by molar-refractivity contribution is 9.10. The average Bonchev–Trinajstić information content (AvgIpc) is 3.48. The number of aryl methyl sites for hydroxylation is 3. The Kier molecular flexibility index (Phi) is 5.03. The van der Waals surface area contributed by atoms with Crippen molar-refractivity contribution in [3.05, 3.63) is 81.1 Å². The summed E-state index contributed by atoms with van der Waals surface area (Å²) in [6.45, 7) is 2.57. The second-order valence-electron chi connectivity index (χ2n) is 7.26. The highest BCUT2D eigenvalue weighted by Gasteiger charge is 2.16. The fourth-order valence-corrected chi connectivity index (χ4v) is 4.15. The van der Waals surface area contributed by atoms with Crippen LogP contribution in [0.4, 0.5) is 0 Å². The molecule has 0 amide bonds. The number of para-hydroxylation sites is 2. The number of aromatic nitrogens is 6. The molecule has 0 aliphatic rings. The fourth-order valence-electron chi connectivity index (χ4n) is 3.67. The van der Waals surface area contributed by atoms with Gasteiger partial charge < -0.3 is 4.42 Å². The minimum Gasteiger partial charge on any atom is -0.408 e. The Bertz CT molecular complexity index is 1410. The zero-order valence-corrected chi connectivity index (χ0v) is 18.3. The van der Waals surface area contributed by atoms with Crippen LogP contribution in [0.2, 0.25) is 0 Å². The lowest BCUT2D eigenvalue weighted by Gasteiger charge is -2.09. The molecule has 0 aliphatic carbocycles. The Morgan fingerprint density at radius 1 is 1.16 bits per heavy atom. The Balaban J connectivity index is 1.46. The zero-order valence-electron chi connectivity index (χ0n) is 16.7. The van der Waals surface area contributed by atoms with Gasteiger partial charge in [0.2, 0.25) is 0 Å². The van der Waals surface area contributed by atoms with Gasteiger partial charge in [0.25, 0.3) is 0 Å². The van der Waals surface area contributed by atoms with E-state index in [4.69, 9.17) is 14.5 Å². The van der Waals surface area contributed by atoms with Gasteiger partial charge in [-0.2, -0.15) is 5.10 Å². The third kappa shape index (κ3) is 3.72. The molecule has 3 aromatic heterocycles. The summed E-state index contributed by atoms with van der Waals surface area (Å²) >= 11 is 3.51. The van der Waals surface area contributed by atoms with Gasteiger partial charge in [-0.05, 0) is 55.3 Å². The van der Waals surface area contributed by atoms with Crippen LogP contribution in [0.3, 0.4) is 0 Å². The van der Waals surface area contributed by atoms with Crippen molar-refractivity contribution in [3.8, 4) is 17.2 Å². The number of oxazole rings is 1. The summed E-state index contributed by atoms with van der Waals surface area (Å²) in [7, 11) is 0. The molecule has 156 valence electrons. The van der Waals surface area contributed by atoms with Gasteiger partial charge in [-0.1, -0.05) is 28.1 Å². The number of nitrogens with one attached hydrogen (secondary N) is 1. The molecule has 0 spiro atoms. The van der Waals surface area contributed by atoms with E-state index in [1.807, 2.05) is 54.1 Å². The van der Waals surface area contributed by atoms with Gasteiger partial charge in [0.15, 0.2) is 11.4 Å². The normalized spacial score (nSPS) is 11.4. The Morgan fingerprint density at radius 2 is 2.03 bits per heavy atom. The first kappa shape index (κ1) is 19.5. The molecule has 0 saturated heterocycles. The quantitative estimate of drug-likeness (QED) is 0.393. The highest BCUT2D eigenvalue weighted by atomic mass is 79.9. The molecule has 2 aromatic carbocycles. The molecule has 0 bridgehead atoms. The molecular formula is C22H19BrN6O2. The number of halogens is 1. The van der Waals surface area contributed by atoms with Crippen molar-refractivity contribution in [2.75, 3.05) is 0 Å². The van der Waals surface area contributed by atoms with Gasteiger partial charge in [0, 0.05) is 23.6 Å². The van der Waals surface area contributed by atoms with Crippen LogP contribution in [0, 0.1) is 6.92 Å². The summed E-state index contributed by atoms with van der Waals surface area (Å²) in [6, 6.07) is 15.3. The number of aromatic amines is 1. The van der Waals surface area contributed by atoms with Crippen molar-refractivity contribution >= 4 is 27.0 Å². The van der Waals surface area contributed by atoms with Crippen molar-refractivity contribution in [3.63, 3.8) is 0 Å². The number of hydrogen-bond donors (Lipinski definition) is 1. The summed E-state index contributed by atoms with van der Waals surface area (Å²) in [5, 5.41) is 11.7.